The van der Waals surface area contributed by atoms with Crippen molar-refractivity contribution in [3.05, 3.63) is 81.6 Å². The number of benzene rings is 2. The summed E-state index contributed by atoms with van der Waals surface area (Å²) < 4.78 is 0. The van der Waals surface area contributed by atoms with Crippen molar-refractivity contribution in [2.24, 2.45) is 0 Å². The number of nitrogens with zero attached hydrogens (tertiary/aromatic N) is 1. The second-order valence-corrected chi connectivity index (χ2v) is 5.73. The summed E-state index contributed by atoms with van der Waals surface area (Å²) in [5.74, 6) is -0.279. The molecule has 0 aliphatic carbocycles. The van der Waals surface area contributed by atoms with E-state index in [0.29, 0.717) is 11.9 Å². The van der Waals surface area contributed by atoms with Gasteiger partial charge in [0.2, 0.25) is 5.43 Å². The van der Waals surface area contributed by atoms with Crippen LogP contribution in [0.15, 0.2) is 59.5 Å². The Morgan fingerprint density at radius 1 is 1.13 bits per heavy atom. The largest absolute Gasteiger partial charge is 0.360 e. The quantitative estimate of drug-likeness (QED) is 0.808. The zero-order valence-corrected chi connectivity index (χ0v) is 13.2. The van der Waals surface area contributed by atoms with Gasteiger partial charge >= 0.3 is 0 Å². The number of fused-ring (bicyclic) bond motifs is 1. The predicted molar refractivity (Wildman–Crippen MR) is 91.5 cm³/mol. The van der Waals surface area contributed by atoms with Gasteiger partial charge in [-0.1, -0.05) is 42.0 Å². The van der Waals surface area contributed by atoms with Crippen LogP contribution in [0.3, 0.4) is 0 Å². The number of carbonyl (C=O) groups is 1. The van der Waals surface area contributed by atoms with Crippen molar-refractivity contribution in [3.63, 3.8) is 0 Å². The second-order valence-electron chi connectivity index (χ2n) is 5.73. The lowest BCUT2D eigenvalue weighted by molar-refractivity contribution is 0.0783. The van der Waals surface area contributed by atoms with Gasteiger partial charge < -0.3 is 9.88 Å². The van der Waals surface area contributed by atoms with Crippen LogP contribution in [0.5, 0.6) is 0 Å². The molecule has 0 bridgehead atoms. The lowest BCUT2D eigenvalue weighted by Crippen LogP contribution is -2.30. The highest BCUT2D eigenvalue weighted by Crippen LogP contribution is 2.12. The number of aryl methyl sites for hydroxylation is 1. The molecule has 23 heavy (non-hydrogen) atoms. The van der Waals surface area contributed by atoms with E-state index in [1.54, 1.807) is 11.9 Å². The fraction of sp³-hybridized carbons (Fsp3) is 0.158. The van der Waals surface area contributed by atoms with Crippen molar-refractivity contribution >= 4 is 16.8 Å². The second kappa shape index (κ2) is 6.08. The number of aromatic amines is 1. The first-order valence-electron chi connectivity index (χ1n) is 7.47. The van der Waals surface area contributed by atoms with Gasteiger partial charge in [0, 0.05) is 30.7 Å². The van der Waals surface area contributed by atoms with Crippen LogP contribution < -0.4 is 5.43 Å². The average molecular weight is 306 g/mol. The van der Waals surface area contributed by atoms with Crippen molar-refractivity contribution in [2.45, 2.75) is 13.5 Å². The molecule has 4 nitrogen and oxygen atoms in total. The van der Waals surface area contributed by atoms with E-state index >= 15 is 0 Å². The molecule has 3 aromatic rings. The highest BCUT2D eigenvalue weighted by atomic mass is 16.2. The molecule has 0 unspecified atom stereocenters. The van der Waals surface area contributed by atoms with Crippen LogP contribution in [-0.4, -0.2) is 22.8 Å². The third-order valence-electron chi connectivity index (χ3n) is 3.88. The first-order valence-corrected chi connectivity index (χ1v) is 7.47. The Bertz CT molecular complexity index is 914. The summed E-state index contributed by atoms with van der Waals surface area (Å²) >= 11 is 0. The van der Waals surface area contributed by atoms with Crippen molar-refractivity contribution in [3.8, 4) is 0 Å². The molecular weight excluding hydrogens is 288 g/mol. The Kier molecular flexibility index (Phi) is 3.98. The predicted octanol–water partition coefficient (Wildman–Crippen LogP) is 3.11. The van der Waals surface area contributed by atoms with Gasteiger partial charge in [0.1, 0.15) is 5.56 Å². The van der Waals surface area contributed by atoms with Gasteiger partial charge in [0.15, 0.2) is 0 Å². The van der Waals surface area contributed by atoms with Gasteiger partial charge in [-0.25, -0.2) is 0 Å². The number of amides is 1. The Balaban J connectivity index is 1.94. The third-order valence-corrected chi connectivity index (χ3v) is 3.88. The van der Waals surface area contributed by atoms with E-state index in [-0.39, 0.29) is 16.9 Å². The molecule has 0 spiro atoms. The normalized spacial score (nSPS) is 10.7. The first kappa shape index (κ1) is 15.0. The summed E-state index contributed by atoms with van der Waals surface area (Å²) in [6.45, 7) is 2.39. The number of hydrogen-bond acceptors (Lipinski definition) is 2. The number of nitrogens with one attached hydrogen (secondary N) is 1. The monoisotopic (exact) mass is 306 g/mol. The Hall–Kier alpha value is -2.88. The summed E-state index contributed by atoms with van der Waals surface area (Å²) in [5, 5.41) is 0.545. The third kappa shape index (κ3) is 3.01. The van der Waals surface area contributed by atoms with Crippen LogP contribution in [0, 0.1) is 6.92 Å². The summed E-state index contributed by atoms with van der Waals surface area (Å²) in [6.07, 6.45) is 1.50. The molecule has 0 saturated carbocycles. The highest BCUT2D eigenvalue weighted by molar-refractivity contribution is 5.97. The smallest absolute Gasteiger partial charge is 0.259 e. The number of carbonyl (C=O) groups excluding carboxylic acids is 1. The Morgan fingerprint density at radius 2 is 1.87 bits per heavy atom. The van der Waals surface area contributed by atoms with Gasteiger partial charge in [-0.15, -0.1) is 0 Å². The Morgan fingerprint density at radius 3 is 2.61 bits per heavy atom. The van der Waals surface area contributed by atoms with Gasteiger partial charge in [-0.3, -0.25) is 9.59 Å². The lowest BCUT2D eigenvalue weighted by Gasteiger charge is -2.17. The van der Waals surface area contributed by atoms with Crippen LogP contribution >= 0.6 is 0 Å². The average Bonchev–Trinajstić information content (AvgIpc) is 2.56. The summed E-state index contributed by atoms with van der Waals surface area (Å²) in [7, 11) is 1.70. The fourth-order valence-electron chi connectivity index (χ4n) is 2.63. The van der Waals surface area contributed by atoms with Crippen molar-refractivity contribution < 1.29 is 4.79 Å². The standard InChI is InChI=1S/C19H18N2O2/c1-13-8-9-17-15(10-13)18(22)16(11-20-17)19(23)21(2)12-14-6-4-3-5-7-14/h3-11H,12H2,1-2H3,(H,20,22). The maximum absolute atomic E-state index is 12.6. The number of H-pyrrole nitrogens is 1. The van der Waals surface area contributed by atoms with Gasteiger partial charge in [0.25, 0.3) is 5.91 Å². The van der Waals surface area contributed by atoms with E-state index in [2.05, 4.69) is 4.98 Å². The Labute approximate surface area is 134 Å². The van der Waals surface area contributed by atoms with E-state index in [9.17, 15) is 9.59 Å². The number of pyridine rings is 1. The first-order chi connectivity index (χ1) is 11.1. The van der Waals surface area contributed by atoms with Crippen LogP contribution in [0.1, 0.15) is 21.5 Å². The number of aromatic nitrogens is 1. The lowest BCUT2D eigenvalue weighted by atomic mass is 10.1. The highest BCUT2D eigenvalue weighted by Gasteiger charge is 2.17. The molecule has 2 aromatic carbocycles. The van der Waals surface area contributed by atoms with E-state index in [1.807, 2.05) is 55.5 Å². The van der Waals surface area contributed by atoms with Gasteiger partial charge in [0.05, 0.1) is 0 Å². The minimum atomic E-state index is -0.279. The van der Waals surface area contributed by atoms with E-state index < -0.39 is 0 Å². The molecule has 0 saturated heterocycles. The molecular formula is C19H18N2O2. The summed E-state index contributed by atoms with van der Waals surface area (Å²) in [4.78, 5) is 29.8. The molecule has 0 atom stereocenters. The van der Waals surface area contributed by atoms with Gasteiger partial charge in [-0.05, 0) is 24.6 Å². The van der Waals surface area contributed by atoms with Crippen molar-refractivity contribution in [1.29, 1.82) is 0 Å². The molecule has 1 heterocycles. The van der Waals surface area contributed by atoms with Crippen molar-refractivity contribution in [1.82, 2.24) is 9.88 Å². The molecule has 0 radical (unpaired) electrons. The molecule has 116 valence electrons. The minimum absolute atomic E-state index is 0.168. The van der Waals surface area contributed by atoms with E-state index in [4.69, 9.17) is 0 Å². The summed E-state index contributed by atoms with van der Waals surface area (Å²) in [6, 6.07) is 15.3. The zero-order valence-electron chi connectivity index (χ0n) is 13.2. The van der Waals surface area contributed by atoms with Crippen LogP contribution in [0.2, 0.25) is 0 Å². The topological polar surface area (TPSA) is 53.2 Å². The van der Waals surface area contributed by atoms with Crippen molar-refractivity contribution in [2.75, 3.05) is 7.05 Å². The minimum Gasteiger partial charge on any atom is -0.360 e. The fourth-order valence-corrected chi connectivity index (χ4v) is 2.63. The molecule has 3 rings (SSSR count). The van der Waals surface area contributed by atoms with Crippen LogP contribution in [0.25, 0.3) is 10.9 Å². The van der Waals surface area contributed by atoms with Gasteiger partial charge in [-0.2, -0.15) is 0 Å². The molecule has 0 aliphatic rings. The van der Waals surface area contributed by atoms with Crippen LogP contribution in [-0.2, 0) is 6.54 Å². The molecule has 0 aliphatic heterocycles. The molecule has 1 N–H and O–H groups in total. The van der Waals surface area contributed by atoms with E-state index in [1.165, 1.54) is 6.20 Å². The van der Waals surface area contributed by atoms with Crippen LogP contribution in [0.4, 0.5) is 0 Å². The number of rotatable bonds is 3. The molecule has 0 fully saturated rings. The molecule has 1 amide bonds. The molecule has 4 heteroatoms. The molecule has 1 aromatic heterocycles. The maximum atomic E-state index is 12.6. The number of hydrogen-bond donors (Lipinski definition) is 1. The summed E-state index contributed by atoms with van der Waals surface area (Å²) in [5.41, 5.74) is 2.69. The zero-order chi connectivity index (χ0) is 16.4. The SMILES string of the molecule is Cc1ccc2[nH]cc(C(=O)N(C)Cc3ccccc3)c(=O)c2c1. The van der Waals surface area contributed by atoms with E-state index in [0.717, 1.165) is 16.6 Å². The maximum Gasteiger partial charge on any atom is 0.259 e.